The second-order valence-electron chi connectivity index (χ2n) is 4.67. The van der Waals surface area contributed by atoms with Gasteiger partial charge in [-0.15, -0.1) is 10.2 Å². The summed E-state index contributed by atoms with van der Waals surface area (Å²) in [5.74, 6) is 0.602. The molecule has 1 aromatic carbocycles. The van der Waals surface area contributed by atoms with E-state index in [2.05, 4.69) is 10.2 Å². The predicted molar refractivity (Wildman–Crippen MR) is 83.4 cm³/mol. The summed E-state index contributed by atoms with van der Waals surface area (Å²) in [6.07, 6.45) is -0.115. The van der Waals surface area contributed by atoms with Gasteiger partial charge in [0.25, 0.3) is 0 Å². The molecule has 1 aromatic heterocycles. The Bertz CT molecular complexity index is 643. The van der Waals surface area contributed by atoms with E-state index in [-0.39, 0.29) is 17.8 Å². The van der Waals surface area contributed by atoms with E-state index in [1.165, 1.54) is 11.8 Å². The first-order valence-corrected chi connectivity index (χ1v) is 7.82. The first-order chi connectivity index (χ1) is 9.99. The first kappa shape index (κ1) is 15.9. The zero-order valence-corrected chi connectivity index (χ0v) is 13.6. The summed E-state index contributed by atoms with van der Waals surface area (Å²) in [7, 11) is 1.84. The summed E-state index contributed by atoms with van der Waals surface area (Å²) in [6, 6.07) is 7.44. The maximum atomic E-state index is 11.5. The van der Waals surface area contributed by atoms with Crippen molar-refractivity contribution in [3.05, 3.63) is 29.3 Å². The van der Waals surface area contributed by atoms with Crippen LogP contribution < -0.4 is 0 Å². The van der Waals surface area contributed by atoms with Crippen LogP contribution >= 0.6 is 23.4 Å². The summed E-state index contributed by atoms with van der Waals surface area (Å²) >= 11 is 7.45. The Kier molecular flexibility index (Phi) is 5.25. The number of halogens is 1. The second-order valence-corrected chi connectivity index (χ2v) is 6.02. The maximum absolute atomic E-state index is 11.5. The van der Waals surface area contributed by atoms with Crippen LogP contribution in [-0.4, -0.2) is 32.6 Å². The molecule has 0 saturated carbocycles. The van der Waals surface area contributed by atoms with Gasteiger partial charge in [0.1, 0.15) is 0 Å². The number of hydrogen-bond acceptors (Lipinski definition) is 5. The Morgan fingerprint density at radius 1 is 1.38 bits per heavy atom. The molecule has 0 amide bonds. The lowest BCUT2D eigenvalue weighted by Gasteiger charge is -2.07. The highest BCUT2D eigenvalue weighted by Crippen LogP contribution is 2.28. The minimum absolute atomic E-state index is 0.115. The van der Waals surface area contributed by atoms with Crippen LogP contribution in [0.25, 0.3) is 11.4 Å². The average Bonchev–Trinajstić information content (AvgIpc) is 2.77. The van der Waals surface area contributed by atoms with Gasteiger partial charge < -0.3 is 9.30 Å². The first-order valence-electron chi connectivity index (χ1n) is 6.45. The summed E-state index contributed by atoms with van der Waals surface area (Å²) in [5.41, 5.74) is 0.811. The molecule has 5 nitrogen and oxygen atoms in total. The molecular weight excluding hydrogens is 310 g/mol. The van der Waals surface area contributed by atoms with Crippen molar-refractivity contribution in [3.8, 4) is 11.4 Å². The summed E-state index contributed by atoms with van der Waals surface area (Å²) in [6.45, 7) is 3.64. The van der Waals surface area contributed by atoms with E-state index in [1.807, 2.05) is 43.7 Å². The van der Waals surface area contributed by atoms with Gasteiger partial charge >= 0.3 is 5.97 Å². The fraction of sp³-hybridized carbons (Fsp3) is 0.357. The summed E-state index contributed by atoms with van der Waals surface area (Å²) in [4.78, 5) is 11.5. The molecule has 7 heteroatoms. The average molecular weight is 326 g/mol. The molecule has 0 radical (unpaired) electrons. The van der Waals surface area contributed by atoms with Gasteiger partial charge in [-0.05, 0) is 26.0 Å². The van der Waals surface area contributed by atoms with E-state index in [0.29, 0.717) is 16.0 Å². The largest absolute Gasteiger partial charge is 0.462 e. The molecule has 2 aromatic rings. The van der Waals surface area contributed by atoms with Crippen molar-refractivity contribution in [3.63, 3.8) is 0 Å². The molecule has 0 bridgehead atoms. The molecule has 0 aliphatic carbocycles. The number of hydrogen-bond donors (Lipinski definition) is 0. The molecule has 0 spiro atoms. The van der Waals surface area contributed by atoms with E-state index < -0.39 is 0 Å². The number of rotatable bonds is 5. The summed E-state index contributed by atoms with van der Waals surface area (Å²) in [5, 5.41) is 9.49. The third-order valence-corrected chi connectivity index (χ3v) is 3.96. The molecule has 0 N–H and O–H groups in total. The highest BCUT2D eigenvalue weighted by atomic mass is 35.5. The van der Waals surface area contributed by atoms with Crippen LogP contribution in [0.15, 0.2) is 29.4 Å². The molecule has 0 unspecified atom stereocenters. The maximum Gasteiger partial charge on any atom is 0.316 e. The number of carbonyl (C=O) groups excluding carboxylic acids is 1. The number of ether oxygens (including phenoxy) is 1. The normalized spacial score (nSPS) is 10.9. The van der Waals surface area contributed by atoms with Crippen LogP contribution in [0.5, 0.6) is 0 Å². The van der Waals surface area contributed by atoms with Crippen molar-refractivity contribution in [1.82, 2.24) is 14.8 Å². The number of benzene rings is 1. The molecule has 0 fully saturated rings. The van der Waals surface area contributed by atoms with Crippen LogP contribution in [-0.2, 0) is 16.6 Å². The van der Waals surface area contributed by atoms with E-state index >= 15 is 0 Å². The van der Waals surface area contributed by atoms with Crippen molar-refractivity contribution in [2.75, 3.05) is 5.75 Å². The molecule has 0 saturated heterocycles. The minimum atomic E-state index is -0.266. The van der Waals surface area contributed by atoms with Crippen LogP contribution in [0.3, 0.4) is 0 Å². The third-order valence-electron chi connectivity index (χ3n) is 2.64. The van der Waals surface area contributed by atoms with Gasteiger partial charge in [-0.3, -0.25) is 4.79 Å². The number of thioether (sulfide) groups is 1. The van der Waals surface area contributed by atoms with Crippen molar-refractivity contribution < 1.29 is 9.53 Å². The van der Waals surface area contributed by atoms with E-state index in [9.17, 15) is 4.79 Å². The number of nitrogens with zero attached hydrogens (tertiary/aromatic N) is 3. The highest BCUT2D eigenvalue weighted by molar-refractivity contribution is 7.99. The van der Waals surface area contributed by atoms with E-state index in [0.717, 1.165) is 5.56 Å². The van der Waals surface area contributed by atoms with Crippen LogP contribution in [0.4, 0.5) is 0 Å². The lowest BCUT2D eigenvalue weighted by Crippen LogP contribution is -2.13. The van der Waals surface area contributed by atoms with Crippen molar-refractivity contribution in [2.24, 2.45) is 7.05 Å². The fourth-order valence-electron chi connectivity index (χ4n) is 1.74. The van der Waals surface area contributed by atoms with Gasteiger partial charge in [0.15, 0.2) is 11.0 Å². The van der Waals surface area contributed by atoms with E-state index in [4.69, 9.17) is 16.3 Å². The van der Waals surface area contributed by atoms with Gasteiger partial charge in [-0.1, -0.05) is 35.5 Å². The zero-order valence-electron chi connectivity index (χ0n) is 12.0. The Morgan fingerprint density at radius 2 is 2.10 bits per heavy atom. The van der Waals surface area contributed by atoms with Crippen molar-refractivity contribution in [2.45, 2.75) is 25.1 Å². The SMILES string of the molecule is CC(C)OC(=O)CSc1nnc(-c2ccccc2Cl)n1C. The van der Waals surface area contributed by atoms with Gasteiger partial charge in [-0.2, -0.15) is 0 Å². The quantitative estimate of drug-likeness (QED) is 0.624. The Labute approximate surface area is 132 Å². The molecule has 1 heterocycles. The van der Waals surface area contributed by atoms with Crippen LogP contribution in [0, 0.1) is 0 Å². The minimum Gasteiger partial charge on any atom is -0.462 e. The molecule has 0 aliphatic rings. The zero-order chi connectivity index (χ0) is 15.4. The molecule has 0 aliphatic heterocycles. The molecular formula is C14H16ClN3O2S. The predicted octanol–water partition coefficient (Wildman–Crippen LogP) is 3.18. The van der Waals surface area contributed by atoms with Gasteiger partial charge in [-0.25, -0.2) is 0 Å². The topological polar surface area (TPSA) is 57.0 Å². The standard InChI is InChI=1S/C14H16ClN3O2S/c1-9(2)20-12(19)8-21-14-17-16-13(18(14)3)10-6-4-5-7-11(10)15/h4-7,9H,8H2,1-3H3. The lowest BCUT2D eigenvalue weighted by molar-refractivity contribution is -0.144. The molecule has 0 atom stereocenters. The van der Waals surface area contributed by atoms with Gasteiger partial charge in [0, 0.05) is 12.6 Å². The number of carbonyl (C=O) groups is 1. The smallest absolute Gasteiger partial charge is 0.316 e. The van der Waals surface area contributed by atoms with E-state index in [1.54, 1.807) is 6.07 Å². The fourth-order valence-corrected chi connectivity index (χ4v) is 2.65. The Morgan fingerprint density at radius 3 is 2.76 bits per heavy atom. The molecule has 21 heavy (non-hydrogen) atoms. The highest BCUT2D eigenvalue weighted by Gasteiger charge is 2.15. The summed E-state index contributed by atoms with van der Waals surface area (Å²) < 4.78 is 6.90. The van der Waals surface area contributed by atoms with Gasteiger partial charge in [0.2, 0.25) is 0 Å². The molecule has 112 valence electrons. The van der Waals surface area contributed by atoms with Crippen molar-refractivity contribution >= 4 is 29.3 Å². The van der Waals surface area contributed by atoms with Crippen molar-refractivity contribution in [1.29, 1.82) is 0 Å². The molecule has 2 rings (SSSR count). The number of esters is 1. The van der Waals surface area contributed by atoms with Crippen LogP contribution in [0.2, 0.25) is 5.02 Å². The van der Waals surface area contributed by atoms with Gasteiger partial charge in [0.05, 0.1) is 16.9 Å². The number of aromatic nitrogens is 3. The Balaban J connectivity index is 2.11. The monoisotopic (exact) mass is 325 g/mol. The Hall–Kier alpha value is -1.53. The second kappa shape index (κ2) is 6.95. The third kappa shape index (κ3) is 3.98. The lowest BCUT2D eigenvalue weighted by atomic mass is 10.2. The van der Waals surface area contributed by atoms with Crippen LogP contribution in [0.1, 0.15) is 13.8 Å².